The molecule has 5 nitrogen and oxygen atoms in total. The Morgan fingerprint density at radius 2 is 2.09 bits per heavy atom. The van der Waals surface area contributed by atoms with Gasteiger partial charge in [0.25, 0.3) is 0 Å². The second kappa shape index (κ2) is 8.48. The third-order valence-corrected chi connectivity index (χ3v) is 3.93. The van der Waals surface area contributed by atoms with Gasteiger partial charge in [0.2, 0.25) is 5.91 Å². The van der Waals surface area contributed by atoms with Crippen LogP contribution in [0.2, 0.25) is 0 Å². The Morgan fingerprint density at radius 3 is 2.78 bits per heavy atom. The fourth-order valence-electron chi connectivity index (χ4n) is 2.58. The van der Waals surface area contributed by atoms with Crippen molar-refractivity contribution in [2.75, 3.05) is 13.6 Å². The summed E-state index contributed by atoms with van der Waals surface area (Å²) in [5.41, 5.74) is 9.02. The molecule has 3 N–H and O–H groups in total. The Labute approximate surface area is 137 Å². The number of aromatic amines is 1. The lowest BCUT2D eigenvalue weighted by Gasteiger charge is -2.20. The molecule has 1 heterocycles. The third-order valence-electron chi connectivity index (χ3n) is 3.93. The van der Waals surface area contributed by atoms with E-state index < -0.39 is 0 Å². The zero-order valence-corrected chi connectivity index (χ0v) is 14.0. The van der Waals surface area contributed by atoms with Crippen LogP contribution < -0.4 is 5.73 Å². The average molecular weight is 314 g/mol. The van der Waals surface area contributed by atoms with E-state index >= 15 is 0 Å². The van der Waals surface area contributed by atoms with Crippen LogP contribution in [0.25, 0.3) is 11.3 Å². The van der Waals surface area contributed by atoms with Gasteiger partial charge in [0.15, 0.2) is 0 Å². The Hall–Kier alpha value is -2.14. The summed E-state index contributed by atoms with van der Waals surface area (Å²) in [5.74, 6) is 0.0291. The van der Waals surface area contributed by atoms with Crippen LogP contribution in [0.15, 0.2) is 36.4 Å². The van der Waals surface area contributed by atoms with Gasteiger partial charge < -0.3 is 10.6 Å². The van der Waals surface area contributed by atoms with E-state index in [1.165, 1.54) is 0 Å². The maximum atomic E-state index is 12.0. The van der Waals surface area contributed by atoms with E-state index in [4.69, 9.17) is 5.73 Å². The van der Waals surface area contributed by atoms with Gasteiger partial charge in [0.1, 0.15) is 0 Å². The van der Waals surface area contributed by atoms with Gasteiger partial charge in [-0.2, -0.15) is 5.10 Å². The molecular weight excluding hydrogens is 288 g/mol. The number of aromatic nitrogens is 2. The van der Waals surface area contributed by atoms with Gasteiger partial charge in [-0.25, -0.2) is 0 Å². The first-order valence-corrected chi connectivity index (χ1v) is 8.22. The van der Waals surface area contributed by atoms with E-state index in [2.05, 4.69) is 16.3 Å². The highest BCUT2D eigenvalue weighted by Crippen LogP contribution is 2.17. The molecule has 1 atom stereocenters. The van der Waals surface area contributed by atoms with Crippen molar-refractivity contribution < 1.29 is 4.79 Å². The number of H-pyrrole nitrogens is 1. The summed E-state index contributed by atoms with van der Waals surface area (Å²) in [5, 5.41) is 7.42. The minimum atomic E-state index is -0.373. The molecule has 1 amide bonds. The standard InChI is InChI=1S/C18H26N4O/c1-3-8-16(19)18(23)22(2)12-7-11-15-13-17(21-20-15)14-9-5-4-6-10-14/h4-6,9-10,13,16H,3,7-8,11-12,19H2,1-2H3,(H,20,21). The highest BCUT2D eigenvalue weighted by Gasteiger charge is 2.16. The van der Waals surface area contributed by atoms with E-state index in [-0.39, 0.29) is 11.9 Å². The average Bonchev–Trinajstić information content (AvgIpc) is 3.04. The maximum Gasteiger partial charge on any atom is 0.239 e. The Morgan fingerprint density at radius 1 is 1.35 bits per heavy atom. The highest BCUT2D eigenvalue weighted by molar-refractivity contribution is 5.81. The number of carbonyl (C=O) groups is 1. The van der Waals surface area contributed by atoms with E-state index in [0.29, 0.717) is 6.54 Å². The topological polar surface area (TPSA) is 75.0 Å². The van der Waals surface area contributed by atoms with Gasteiger partial charge in [-0.05, 0) is 25.3 Å². The minimum absolute atomic E-state index is 0.0291. The molecule has 0 aliphatic carbocycles. The molecule has 5 heteroatoms. The molecule has 1 aromatic heterocycles. The van der Waals surface area contributed by atoms with Crippen LogP contribution in [-0.4, -0.2) is 40.6 Å². The molecule has 0 spiro atoms. The third kappa shape index (κ3) is 4.93. The van der Waals surface area contributed by atoms with Crippen LogP contribution in [0.5, 0.6) is 0 Å². The second-order valence-electron chi connectivity index (χ2n) is 5.90. The number of carbonyl (C=O) groups excluding carboxylic acids is 1. The lowest BCUT2D eigenvalue weighted by molar-refractivity contribution is -0.131. The molecular formula is C18H26N4O. The molecule has 0 saturated carbocycles. The lowest BCUT2D eigenvalue weighted by Crippen LogP contribution is -2.42. The van der Waals surface area contributed by atoms with Crippen LogP contribution in [-0.2, 0) is 11.2 Å². The highest BCUT2D eigenvalue weighted by atomic mass is 16.2. The van der Waals surface area contributed by atoms with Gasteiger partial charge in [0, 0.05) is 24.8 Å². The summed E-state index contributed by atoms with van der Waals surface area (Å²) in [6.45, 7) is 2.74. The number of amides is 1. The van der Waals surface area contributed by atoms with Gasteiger partial charge in [-0.15, -0.1) is 0 Å². The van der Waals surface area contributed by atoms with Crippen molar-refractivity contribution in [3.63, 3.8) is 0 Å². The SMILES string of the molecule is CCCC(N)C(=O)N(C)CCCc1cc(-c2ccccc2)n[nH]1. The molecule has 124 valence electrons. The normalized spacial score (nSPS) is 12.1. The first-order chi connectivity index (χ1) is 11.1. The van der Waals surface area contributed by atoms with E-state index in [1.54, 1.807) is 4.90 Å². The smallest absolute Gasteiger partial charge is 0.239 e. The minimum Gasteiger partial charge on any atom is -0.344 e. The molecule has 0 saturated heterocycles. The van der Waals surface area contributed by atoms with Crippen molar-refractivity contribution in [2.45, 2.75) is 38.6 Å². The van der Waals surface area contributed by atoms with Crippen molar-refractivity contribution >= 4 is 5.91 Å². The molecule has 1 unspecified atom stereocenters. The summed E-state index contributed by atoms with van der Waals surface area (Å²) >= 11 is 0. The fourth-order valence-corrected chi connectivity index (χ4v) is 2.58. The van der Waals surface area contributed by atoms with Crippen molar-refractivity contribution in [1.82, 2.24) is 15.1 Å². The molecule has 0 aliphatic rings. The van der Waals surface area contributed by atoms with Gasteiger partial charge >= 0.3 is 0 Å². The van der Waals surface area contributed by atoms with Gasteiger partial charge in [-0.3, -0.25) is 9.89 Å². The van der Waals surface area contributed by atoms with Crippen molar-refractivity contribution in [2.24, 2.45) is 5.73 Å². The zero-order valence-electron chi connectivity index (χ0n) is 14.0. The second-order valence-corrected chi connectivity index (χ2v) is 5.90. The van der Waals surface area contributed by atoms with Crippen molar-refractivity contribution in [1.29, 1.82) is 0 Å². The quantitative estimate of drug-likeness (QED) is 0.786. The van der Waals surface area contributed by atoms with E-state index in [1.807, 2.05) is 44.3 Å². The number of benzene rings is 1. The van der Waals surface area contributed by atoms with Gasteiger partial charge in [-0.1, -0.05) is 43.7 Å². The van der Waals surface area contributed by atoms with Crippen LogP contribution in [0.3, 0.4) is 0 Å². The first kappa shape index (κ1) is 17.2. The summed E-state index contributed by atoms with van der Waals surface area (Å²) in [6, 6.07) is 11.8. The number of nitrogens with zero attached hydrogens (tertiary/aromatic N) is 2. The number of hydrogen-bond acceptors (Lipinski definition) is 3. The number of nitrogens with one attached hydrogen (secondary N) is 1. The van der Waals surface area contributed by atoms with E-state index in [9.17, 15) is 4.79 Å². The molecule has 0 aliphatic heterocycles. The van der Waals surface area contributed by atoms with Crippen LogP contribution in [0, 0.1) is 0 Å². The van der Waals surface area contributed by atoms with Crippen molar-refractivity contribution in [3.8, 4) is 11.3 Å². The molecule has 0 bridgehead atoms. The summed E-state index contributed by atoms with van der Waals surface area (Å²) in [7, 11) is 1.82. The fraction of sp³-hybridized carbons (Fsp3) is 0.444. The number of rotatable bonds is 8. The molecule has 2 aromatic rings. The van der Waals surface area contributed by atoms with E-state index in [0.717, 1.165) is 42.6 Å². The Bertz CT molecular complexity index is 608. The van der Waals surface area contributed by atoms with Gasteiger partial charge in [0.05, 0.1) is 11.7 Å². The van der Waals surface area contributed by atoms with Crippen LogP contribution in [0.1, 0.15) is 31.9 Å². The number of nitrogens with two attached hydrogens (primary N) is 1. The van der Waals surface area contributed by atoms with Crippen LogP contribution in [0.4, 0.5) is 0 Å². The summed E-state index contributed by atoms with van der Waals surface area (Å²) < 4.78 is 0. The van der Waals surface area contributed by atoms with Crippen LogP contribution >= 0.6 is 0 Å². The molecule has 2 rings (SSSR count). The summed E-state index contributed by atoms with van der Waals surface area (Å²) in [4.78, 5) is 13.8. The molecule has 0 radical (unpaired) electrons. The predicted octanol–water partition coefficient (Wildman–Crippen LogP) is 2.60. The number of aryl methyl sites for hydroxylation is 1. The Balaban J connectivity index is 1.81. The summed E-state index contributed by atoms with van der Waals surface area (Å²) in [6.07, 6.45) is 3.42. The predicted molar refractivity (Wildman–Crippen MR) is 92.9 cm³/mol. The number of likely N-dealkylation sites (N-methyl/N-ethyl adjacent to an activating group) is 1. The lowest BCUT2D eigenvalue weighted by atomic mass is 10.1. The Kier molecular flexibility index (Phi) is 6.35. The number of hydrogen-bond donors (Lipinski definition) is 2. The zero-order chi connectivity index (χ0) is 16.7. The monoisotopic (exact) mass is 314 g/mol. The molecule has 0 fully saturated rings. The molecule has 1 aromatic carbocycles. The molecule has 23 heavy (non-hydrogen) atoms. The first-order valence-electron chi connectivity index (χ1n) is 8.22. The maximum absolute atomic E-state index is 12.0. The largest absolute Gasteiger partial charge is 0.344 e. The van der Waals surface area contributed by atoms with Crippen molar-refractivity contribution in [3.05, 3.63) is 42.1 Å².